The van der Waals surface area contributed by atoms with Gasteiger partial charge in [-0.3, -0.25) is 19.3 Å². The third kappa shape index (κ3) is 6.40. The predicted octanol–water partition coefficient (Wildman–Crippen LogP) is 2.10. The normalized spacial score (nSPS) is 23.2. The molecule has 0 aromatic rings. The van der Waals surface area contributed by atoms with E-state index in [-0.39, 0.29) is 42.0 Å². The van der Waals surface area contributed by atoms with E-state index in [4.69, 9.17) is 0 Å². The summed E-state index contributed by atoms with van der Waals surface area (Å²) >= 11 is 0. The van der Waals surface area contributed by atoms with Crippen LogP contribution in [0.25, 0.3) is 0 Å². The monoisotopic (exact) mass is 362 g/mol. The standard InChI is InChI=1S/C17H30N2O4.ClH/c1-5-7-13(11(3)18-12(4)20)9-19-10-14(16(21)6-2)8-15(19)17(22)23;/h11,13-15H,5-10H2,1-4H3,(H,18,20)(H,22,23);1H/t11?,13?,14-,15-;/m1./s1. The molecular formula is C17H31ClN2O4. The van der Waals surface area contributed by atoms with Crippen molar-refractivity contribution >= 4 is 30.1 Å². The van der Waals surface area contributed by atoms with Crippen molar-refractivity contribution in [1.82, 2.24) is 10.2 Å². The highest BCUT2D eigenvalue weighted by Crippen LogP contribution is 2.27. The molecule has 1 heterocycles. The lowest BCUT2D eigenvalue weighted by molar-refractivity contribution is -0.142. The molecule has 0 aromatic carbocycles. The Morgan fingerprint density at radius 2 is 1.92 bits per heavy atom. The van der Waals surface area contributed by atoms with Crippen LogP contribution in [-0.4, -0.2) is 52.8 Å². The Morgan fingerprint density at radius 1 is 1.29 bits per heavy atom. The van der Waals surface area contributed by atoms with Crippen LogP contribution in [0.5, 0.6) is 0 Å². The quantitative estimate of drug-likeness (QED) is 0.656. The third-order valence-corrected chi connectivity index (χ3v) is 4.76. The summed E-state index contributed by atoms with van der Waals surface area (Å²) in [5, 5.41) is 12.4. The molecule has 2 unspecified atom stereocenters. The average molecular weight is 363 g/mol. The highest BCUT2D eigenvalue weighted by Gasteiger charge is 2.40. The van der Waals surface area contributed by atoms with Crippen LogP contribution in [0.2, 0.25) is 0 Å². The molecule has 24 heavy (non-hydrogen) atoms. The number of carbonyl (C=O) groups excluding carboxylic acids is 2. The van der Waals surface area contributed by atoms with E-state index in [1.165, 1.54) is 6.92 Å². The van der Waals surface area contributed by atoms with Crippen LogP contribution in [0.1, 0.15) is 53.4 Å². The van der Waals surface area contributed by atoms with Crippen LogP contribution < -0.4 is 5.32 Å². The number of nitrogens with zero attached hydrogens (tertiary/aromatic N) is 1. The van der Waals surface area contributed by atoms with Crippen molar-refractivity contribution < 1.29 is 19.5 Å². The van der Waals surface area contributed by atoms with Gasteiger partial charge in [-0.15, -0.1) is 12.4 Å². The number of Topliss-reactive ketones (excluding diaryl/α,β-unsaturated/α-hetero) is 1. The van der Waals surface area contributed by atoms with Gasteiger partial charge in [0, 0.05) is 38.4 Å². The van der Waals surface area contributed by atoms with Crippen molar-refractivity contribution in [2.45, 2.75) is 65.5 Å². The Kier molecular flexibility index (Phi) is 10.2. The minimum absolute atomic E-state index is 0. The van der Waals surface area contributed by atoms with Crippen molar-refractivity contribution in [3.8, 4) is 0 Å². The Labute approximate surface area is 150 Å². The summed E-state index contributed by atoms with van der Waals surface area (Å²) in [6, 6.07) is -0.609. The maximum Gasteiger partial charge on any atom is 0.320 e. The van der Waals surface area contributed by atoms with Gasteiger partial charge in [0.05, 0.1) is 0 Å². The van der Waals surface area contributed by atoms with Gasteiger partial charge in [-0.25, -0.2) is 0 Å². The number of carbonyl (C=O) groups is 3. The lowest BCUT2D eigenvalue weighted by Gasteiger charge is -2.30. The van der Waals surface area contributed by atoms with E-state index in [0.29, 0.717) is 25.9 Å². The van der Waals surface area contributed by atoms with Gasteiger partial charge < -0.3 is 10.4 Å². The van der Waals surface area contributed by atoms with Crippen LogP contribution in [0.4, 0.5) is 0 Å². The number of hydrogen-bond donors (Lipinski definition) is 2. The van der Waals surface area contributed by atoms with Gasteiger partial charge in [0.2, 0.25) is 5.91 Å². The van der Waals surface area contributed by atoms with Crippen molar-refractivity contribution in [1.29, 1.82) is 0 Å². The van der Waals surface area contributed by atoms with Crippen LogP contribution >= 0.6 is 12.4 Å². The largest absolute Gasteiger partial charge is 0.480 e. The highest BCUT2D eigenvalue weighted by atomic mass is 35.5. The minimum Gasteiger partial charge on any atom is -0.480 e. The average Bonchev–Trinajstić information content (AvgIpc) is 2.89. The first-order chi connectivity index (χ1) is 10.8. The fourth-order valence-electron chi connectivity index (χ4n) is 3.49. The topological polar surface area (TPSA) is 86.7 Å². The van der Waals surface area contributed by atoms with Gasteiger partial charge >= 0.3 is 5.97 Å². The zero-order chi connectivity index (χ0) is 17.6. The van der Waals surface area contributed by atoms with E-state index < -0.39 is 12.0 Å². The number of likely N-dealkylation sites (tertiary alicyclic amines) is 1. The second-order valence-corrected chi connectivity index (χ2v) is 6.60. The van der Waals surface area contributed by atoms with Crippen molar-refractivity contribution in [2.24, 2.45) is 11.8 Å². The molecule has 7 heteroatoms. The number of aliphatic carboxylic acids is 1. The molecule has 1 aliphatic heterocycles. The fraction of sp³-hybridized carbons (Fsp3) is 0.824. The lowest BCUT2D eigenvalue weighted by atomic mass is 9.95. The molecule has 2 N–H and O–H groups in total. The van der Waals surface area contributed by atoms with Gasteiger partial charge in [0.15, 0.2) is 0 Å². The summed E-state index contributed by atoms with van der Waals surface area (Å²) in [4.78, 5) is 36.7. The van der Waals surface area contributed by atoms with Crippen LogP contribution in [-0.2, 0) is 14.4 Å². The summed E-state index contributed by atoms with van der Waals surface area (Å²) in [6.45, 7) is 8.46. The van der Waals surface area contributed by atoms with Gasteiger partial charge in [-0.05, 0) is 25.7 Å². The summed E-state index contributed by atoms with van der Waals surface area (Å²) in [6.07, 6.45) is 2.73. The first-order valence-electron chi connectivity index (χ1n) is 8.56. The fourth-order valence-corrected chi connectivity index (χ4v) is 3.49. The summed E-state index contributed by atoms with van der Waals surface area (Å²) in [5.41, 5.74) is 0. The predicted molar refractivity (Wildman–Crippen MR) is 95.3 cm³/mol. The van der Waals surface area contributed by atoms with E-state index in [9.17, 15) is 19.5 Å². The number of rotatable bonds is 9. The number of halogens is 1. The second-order valence-electron chi connectivity index (χ2n) is 6.60. The molecule has 140 valence electrons. The number of carboxylic acid groups (broad SMARTS) is 1. The summed E-state index contributed by atoms with van der Waals surface area (Å²) in [5.74, 6) is -0.797. The Balaban J connectivity index is 0.00000529. The molecule has 0 aliphatic carbocycles. The first-order valence-corrected chi connectivity index (χ1v) is 8.56. The molecule has 1 aliphatic rings. The van der Waals surface area contributed by atoms with Crippen LogP contribution in [0, 0.1) is 11.8 Å². The van der Waals surface area contributed by atoms with E-state index in [1.807, 2.05) is 18.7 Å². The number of ketones is 1. The minimum atomic E-state index is -0.862. The molecule has 0 spiro atoms. The maximum absolute atomic E-state index is 11.9. The molecular weight excluding hydrogens is 332 g/mol. The zero-order valence-corrected chi connectivity index (χ0v) is 15.9. The molecule has 1 rings (SSSR count). The van der Waals surface area contributed by atoms with Gasteiger partial charge in [0.25, 0.3) is 0 Å². The number of carboxylic acids is 1. The molecule has 4 atom stereocenters. The Morgan fingerprint density at radius 3 is 2.38 bits per heavy atom. The van der Waals surface area contributed by atoms with E-state index in [2.05, 4.69) is 12.2 Å². The van der Waals surface area contributed by atoms with Crippen LogP contribution in [0.3, 0.4) is 0 Å². The van der Waals surface area contributed by atoms with Gasteiger partial charge in [0.1, 0.15) is 11.8 Å². The van der Waals surface area contributed by atoms with Crippen LogP contribution in [0.15, 0.2) is 0 Å². The molecule has 0 aromatic heterocycles. The van der Waals surface area contributed by atoms with E-state index >= 15 is 0 Å². The number of nitrogens with one attached hydrogen (secondary N) is 1. The molecule has 1 saturated heterocycles. The smallest absolute Gasteiger partial charge is 0.320 e. The molecule has 6 nitrogen and oxygen atoms in total. The zero-order valence-electron chi connectivity index (χ0n) is 15.1. The van der Waals surface area contributed by atoms with E-state index in [1.54, 1.807) is 0 Å². The van der Waals surface area contributed by atoms with Crippen molar-refractivity contribution in [3.63, 3.8) is 0 Å². The van der Waals surface area contributed by atoms with Crippen molar-refractivity contribution in [3.05, 3.63) is 0 Å². The second kappa shape index (κ2) is 10.7. The molecule has 1 fully saturated rings. The molecule has 1 amide bonds. The van der Waals surface area contributed by atoms with Gasteiger partial charge in [-0.1, -0.05) is 20.3 Å². The number of amides is 1. The summed E-state index contributed by atoms with van der Waals surface area (Å²) in [7, 11) is 0. The Hall–Kier alpha value is -1.14. The summed E-state index contributed by atoms with van der Waals surface area (Å²) < 4.78 is 0. The molecule has 0 saturated carbocycles. The SMILES string of the molecule is CCCC(CN1C[C@H](C(=O)CC)C[C@@H]1C(=O)O)C(C)NC(C)=O.Cl. The maximum atomic E-state index is 11.9. The first kappa shape index (κ1) is 22.9. The molecule has 0 radical (unpaired) electrons. The van der Waals surface area contributed by atoms with Gasteiger partial charge in [-0.2, -0.15) is 0 Å². The van der Waals surface area contributed by atoms with E-state index in [0.717, 1.165) is 12.8 Å². The lowest BCUT2D eigenvalue weighted by Crippen LogP contribution is -2.45. The molecule has 0 bridgehead atoms. The third-order valence-electron chi connectivity index (χ3n) is 4.76. The number of hydrogen-bond acceptors (Lipinski definition) is 4. The van der Waals surface area contributed by atoms with Crippen molar-refractivity contribution in [2.75, 3.05) is 13.1 Å². The highest BCUT2D eigenvalue weighted by molar-refractivity contribution is 5.85. The Bertz CT molecular complexity index is 444.